The van der Waals surface area contributed by atoms with Crippen LogP contribution in [0, 0.1) is 0 Å². The van der Waals surface area contributed by atoms with Gasteiger partial charge in [-0.15, -0.1) is 0 Å². The van der Waals surface area contributed by atoms with Gasteiger partial charge in [0.25, 0.3) is 5.91 Å². The molecule has 2 aliphatic heterocycles. The molecule has 1 N–H and O–H groups in total. The van der Waals surface area contributed by atoms with Crippen LogP contribution < -0.4 is 10.2 Å². The fourth-order valence-electron chi connectivity index (χ4n) is 5.28. The molecule has 5 heterocycles. The van der Waals surface area contributed by atoms with Crippen molar-refractivity contribution in [1.29, 1.82) is 0 Å². The van der Waals surface area contributed by atoms with E-state index in [-0.39, 0.29) is 30.6 Å². The molecule has 5 rings (SSSR count). The number of nitrogens with one attached hydrogen (secondary N) is 1. The molecule has 2 saturated heterocycles. The summed E-state index contributed by atoms with van der Waals surface area (Å²) < 4.78 is 27.3. The van der Waals surface area contributed by atoms with Crippen LogP contribution in [0.4, 0.5) is 10.3 Å². The number of piperidine rings is 1. The lowest BCUT2D eigenvalue weighted by atomic mass is 10.1. The first kappa shape index (κ1) is 26.5. The Morgan fingerprint density at radius 3 is 2.82 bits per heavy atom. The molecule has 38 heavy (non-hydrogen) atoms. The van der Waals surface area contributed by atoms with Crippen molar-refractivity contribution < 1.29 is 18.7 Å². The Kier molecular flexibility index (Phi) is 8.18. The van der Waals surface area contributed by atoms with Gasteiger partial charge in [-0.2, -0.15) is 0 Å². The van der Waals surface area contributed by atoms with Gasteiger partial charge < -0.3 is 24.3 Å². The predicted octanol–water partition coefficient (Wildman–Crippen LogP) is 3.86. The Hall–Kier alpha value is -3.11. The van der Waals surface area contributed by atoms with Gasteiger partial charge in [-0.25, -0.2) is 14.4 Å². The molecule has 0 spiro atoms. The summed E-state index contributed by atoms with van der Waals surface area (Å²) in [6, 6.07) is 4.28. The number of anilines is 1. The molecule has 0 radical (unpaired) electrons. The number of carbonyl (C=O) groups is 1. The first-order valence-corrected chi connectivity index (χ1v) is 13.6. The van der Waals surface area contributed by atoms with Crippen molar-refractivity contribution >= 4 is 22.8 Å². The van der Waals surface area contributed by atoms with Gasteiger partial charge in [0.15, 0.2) is 0 Å². The Bertz CT molecular complexity index is 1260. The summed E-state index contributed by atoms with van der Waals surface area (Å²) in [5.74, 6) is 0.457. The van der Waals surface area contributed by atoms with Gasteiger partial charge in [0.2, 0.25) is 5.95 Å². The number of nitrogens with zero attached hydrogens (tertiary/aromatic N) is 5. The molecule has 2 fully saturated rings. The van der Waals surface area contributed by atoms with E-state index in [0.29, 0.717) is 44.1 Å². The quantitative estimate of drug-likeness (QED) is 0.478. The van der Waals surface area contributed by atoms with Gasteiger partial charge in [-0.1, -0.05) is 6.92 Å². The summed E-state index contributed by atoms with van der Waals surface area (Å²) in [5.41, 5.74) is 3.29. The number of aromatic nitrogens is 4. The Balaban J connectivity index is 1.38. The number of halogens is 1. The standard InChI is InChI=1S/C28H37FN6O3/c1-4-18(2)35-16-23(27(36)32-19-7-11-38-12-8-19)22-15-31-21(14-25(22)35)13-20-5-9-30-28(33-20)34-10-6-26(37-3)24(29)17-34/h5,9,14-16,18-19,24,26H,4,6-8,10-13,17H2,1-3H3,(H,32,36)/t18-,24+,26-/m0/s1. The second-order valence-electron chi connectivity index (χ2n) is 10.3. The third-order valence-electron chi connectivity index (χ3n) is 7.77. The summed E-state index contributed by atoms with van der Waals surface area (Å²) in [6.07, 6.45) is 7.72. The molecular formula is C28H37FN6O3. The zero-order chi connectivity index (χ0) is 26.6. The molecule has 3 atom stereocenters. The maximum Gasteiger partial charge on any atom is 0.253 e. The molecule has 1 amide bonds. The molecule has 204 valence electrons. The maximum atomic E-state index is 14.4. The highest BCUT2D eigenvalue weighted by molar-refractivity contribution is 6.07. The van der Waals surface area contributed by atoms with Crippen LogP contribution >= 0.6 is 0 Å². The SMILES string of the molecule is CC[C@H](C)n1cc(C(=O)NC2CCOCC2)c2cnc(Cc3ccnc(N4CC[C@H](OC)[C@H](F)C4)n3)cc21. The van der Waals surface area contributed by atoms with Gasteiger partial charge in [-0.05, 0) is 44.7 Å². The van der Waals surface area contributed by atoms with E-state index >= 15 is 0 Å². The molecule has 3 aromatic rings. The summed E-state index contributed by atoms with van der Waals surface area (Å²) in [4.78, 5) is 28.9. The van der Waals surface area contributed by atoms with Crippen molar-refractivity contribution in [3.8, 4) is 0 Å². The van der Waals surface area contributed by atoms with E-state index in [1.54, 1.807) is 19.5 Å². The Morgan fingerprint density at radius 2 is 2.08 bits per heavy atom. The van der Waals surface area contributed by atoms with Crippen molar-refractivity contribution in [3.05, 3.63) is 47.7 Å². The van der Waals surface area contributed by atoms with Gasteiger partial charge in [-0.3, -0.25) is 9.78 Å². The minimum atomic E-state index is -1.07. The van der Waals surface area contributed by atoms with Gasteiger partial charge in [0.05, 0.1) is 29.4 Å². The highest BCUT2D eigenvalue weighted by atomic mass is 19.1. The number of pyridine rings is 1. The number of fused-ring (bicyclic) bond motifs is 1. The first-order valence-electron chi connectivity index (χ1n) is 13.6. The van der Waals surface area contributed by atoms with E-state index in [4.69, 9.17) is 19.4 Å². The van der Waals surface area contributed by atoms with E-state index in [9.17, 15) is 9.18 Å². The number of rotatable bonds is 8. The van der Waals surface area contributed by atoms with Crippen LogP contribution in [0.2, 0.25) is 0 Å². The van der Waals surface area contributed by atoms with Crippen LogP contribution in [0.5, 0.6) is 0 Å². The molecule has 2 aliphatic rings. The number of amides is 1. The second kappa shape index (κ2) is 11.7. The van der Waals surface area contributed by atoms with Crippen LogP contribution in [-0.4, -0.2) is 77.2 Å². The number of carbonyl (C=O) groups excluding carboxylic acids is 1. The van der Waals surface area contributed by atoms with Crippen molar-refractivity contribution in [3.63, 3.8) is 0 Å². The molecule has 3 aromatic heterocycles. The largest absolute Gasteiger partial charge is 0.381 e. The third kappa shape index (κ3) is 5.66. The van der Waals surface area contributed by atoms with E-state index in [0.717, 1.165) is 41.6 Å². The fraction of sp³-hybridized carbons (Fsp3) is 0.571. The van der Waals surface area contributed by atoms with Crippen molar-refractivity contribution in [2.75, 3.05) is 38.3 Å². The lowest BCUT2D eigenvalue weighted by Gasteiger charge is -2.33. The number of ether oxygens (including phenoxy) is 2. The topological polar surface area (TPSA) is 94.4 Å². The molecular weight excluding hydrogens is 487 g/mol. The van der Waals surface area contributed by atoms with E-state index in [1.807, 2.05) is 17.2 Å². The van der Waals surface area contributed by atoms with Gasteiger partial charge in [0, 0.05) is 75.0 Å². The van der Waals surface area contributed by atoms with Crippen LogP contribution in [0.15, 0.2) is 30.7 Å². The van der Waals surface area contributed by atoms with E-state index < -0.39 is 6.17 Å². The molecule has 0 aromatic carbocycles. The van der Waals surface area contributed by atoms with Crippen molar-refractivity contribution in [2.45, 2.75) is 70.3 Å². The van der Waals surface area contributed by atoms with Crippen LogP contribution in [0.1, 0.15) is 67.3 Å². The number of alkyl halides is 1. The lowest BCUT2D eigenvalue weighted by Crippen LogP contribution is -2.46. The average Bonchev–Trinajstić information content (AvgIpc) is 3.32. The van der Waals surface area contributed by atoms with E-state index in [2.05, 4.69) is 34.8 Å². The summed E-state index contributed by atoms with van der Waals surface area (Å²) in [7, 11) is 1.55. The second-order valence-corrected chi connectivity index (χ2v) is 10.3. The molecule has 0 bridgehead atoms. The summed E-state index contributed by atoms with van der Waals surface area (Å²) >= 11 is 0. The zero-order valence-corrected chi connectivity index (χ0v) is 22.4. The normalized spacial score (nSPS) is 21.5. The smallest absolute Gasteiger partial charge is 0.253 e. The monoisotopic (exact) mass is 524 g/mol. The summed E-state index contributed by atoms with van der Waals surface area (Å²) in [6.45, 7) is 6.51. The Morgan fingerprint density at radius 1 is 1.26 bits per heavy atom. The average molecular weight is 525 g/mol. The van der Waals surface area contributed by atoms with Crippen molar-refractivity contribution in [1.82, 2.24) is 24.8 Å². The van der Waals surface area contributed by atoms with Gasteiger partial charge in [0.1, 0.15) is 6.17 Å². The number of methoxy groups -OCH3 is 1. The maximum absolute atomic E-state index is 14.4. The first-order chi connectivity index (χ1) is 18.5. The van der Waals surface area contributed by atoms with Crippen molar-refractivity contribution in [2.24, 2.45) is 0 Å². The fourth-order valence-corrected chi connectivity index (χ4v) is 5.28. The minimum Gasteiger partial charge on any atom is -0.381 e. The van der Waals surface area contributed by atoms with Crippen LogP contribution in [0.25, 0.3) is 10.9 Å². The third-order valence-corrected chi connectivity index (χ3v) is 7.77. The number of hydrogen-bond acceptors (Lipinski definition) is 7. The molecule has 9 nitrogen and oxygen atoms in total. The predicted molar refractivity (Wildman–Crippen MR) is 143 cm³/mol. The van der Waals surface area contributed by atoms with Gasteiger partial charge >= 0.3 is 0 Å². The molecule has 0 aliphatic carbocycles. The minimum absolute atomic E-state index is 0.0673. The number of hydrogen-bond donors (Lipinski definition) is 1. The lowest BCUT2D eigenvalue weighted by molar-refractivity contribution is 0.0194. The Labute approximate surface area is 222 Å². The molecule has 10 heteroatoms. The van der Waals surface area contributed by atoms with Crippen LogP contribution in [0.3, 0.4) is 0 Å². The van der Waals surface area contributed by atoms with E-state index in [1.165, 1.54) is 0 Å². The van der Waals surface area contributed by atoms with Crippen LogP contribution in [-0.2, 0) is 15.9 Å². The summed E-state index contributed by atoms with van der Waals surface area (Å²) in [5, 5.41) is 4.03. The highest BCUT2D eigenvalue weighted by Crippen LogP contribution is 2.28. The zero-order valence-electron chi connectivity index (χ0n) is 22.4. The molecule has 0 saturated carbocycles. The highest BCUT2D eigenvalue weighted by Gasteiger charge is 2.30. The molecule has 0 unspecified atom stereocenters.